The first-order valence-corrected chi connectivity index (χ1v) is 5.00. The van der Waals surface area contributed by atoms with Crippen molar-refractivity contribution in [1.82, 2.24) is 10.2 Å². The second-order valence-corrected chi connectivity index (χ2v) is 4.68. The Morgan fingerprint density at radius 3 is 2.33 bits per heavy atom. The Kier molecular flexibility index (Phi) is 5.11. The van der Waals surface area contributed by atoms with E-state index in [1.54, 1.807) is 19.0 Å². The van der Waals surface area contributed by atoms with E-state index < -0.39 is 0 Å². The molecule has 0 aromatic heterocycles. The van der Waals surface area contributed by atoms with Gasteiger partial charge >= 0.3 is 0 Å². The van der Waals surface area contributed by atoms with Crippen molar-refractivity contribution in [2.75, 3.05) is 20.6 Å². The van der Waals surface area contributed by atoms with Crippen LogP contribution in [0.1, 0.15) is 27.2 Å². The first-order chi connectivity index (χ1) is 6.72. The monoisotopic (exact) mass is 214 g/mol. The zero-order valence-corrected chi connectivity index (χ0v) is 10.3. The third-order valence-corrected chi connectivity index (χ3v) is 1.61. The fraction of sp³-hybridized carbons (Fsp3) is 0.800. The summed E-state index contributed by atoms with van der Waals surface area (Å²) in [5, 5.41) is 3.02. The Labute approximate surface area is 91.7 Å². The minimum Gasteiger partial charge on any atom is -0.370 e. The first kappa shape index (κ1) is 13.7. The van der Waals surface area contributed by atoms with Crippen molar-refractivity contribution in [3.8, 4) is 0 Å². The largest absolute Gasteiger partial charge is 0.370 e. The molecule has 1 amide bonds. The minimum absolute atomic E-state index is 0.0577. The maximum Gasteiger partial charge on any atom is 0.223 e. The highest BCUT2D eigenvalue weighted by molar-refractivity contribution is 5.79. The quantitative estimate of drug-likeness (QED) is 0.519. The summed E-state index contributed by atoms with van der Waals surface area (Å²) in [6.07, 6.45) is 0.388. The van der Waals surface area contributed by atoms with Gasteiger partial charge in [0.15, 0.2) is 5.96 Å². The molecule has 3 N–H and O–H groups in total. The number of carbonyl (C=O) groups excluding carboxylic acids is 1. The van der Waals surface area contributed by atoms with E-state index in [1.165, 1.54) is 0 Å². The number of hydrogen-bond donors (Lipinski definition) is 2. The molecule has 0 atom stereocenters. The zero-order valence-electron chi connectivity index (χ0n) is 10.3. The predicted octanol–water partition coefficient (Wildman–Crippen LogP) is 0.168. The number of nitrogens with zero attached hydrogens (tertiary/aromatic N) is 2. The Morgan fingerprint density at radius 2 is 1.93 bits per heavy atom. The third-order valence-electron chi connectivity index (χ3n) is 1.61. The minimum atomic E-state index is -0.0981. The van der Waals surface area contributed by atoms with Crippen LogP contribution in [0, 0.1) is 0 Å². The predicted molar refractivity (Wildman–Crippen MR) is 62.7 cm³/mol. The van der Waals surface area contributed by atoms with Gasteiger partial charge in [-0.05, 0) is 20.8 Å². The molecule has 0 fully saturated rings. The molecule has 0 aliphatic rings. The summed E-state index contributed by atoms with van der Waals surface area (Å²) in [6, 6.07) is 0. The third kappa shape index (κ3) is 7.78. The fourth-order valence-corrected chi connectivity index (χ4v) is 0.919. The molecule has 88 valence electrons. The van der Waals surface area contributed by atoms with Crippen LogP contribution < -0.4 is 11.1 Å². The molecule has 0 aromatic rings. The van der Waals surface area contributed by atoms with Gasteiger partial charge in [-0.25, -0.2) is 0 Å². The summed E-state index contributed by atoms with van der Waals surface area (Å²) in [4.78, 5) is 16.8. The van der Waals surface area contributed by atoms with Gasteiger partial charge in [0.1, 0.15) is 0 Å². The van der Waals surface area contributed by atoms with Crippen LogP contribution in [0.25, 0.3) is 0 Å². The summed E-state index contributed by atoms with van der Waals surface area (Å²) < 4.78 is 0. The van der Waals surface area contributed by atoms with E-state index in [4.69, 9.17) is 5.73 Å². The lowest BCUT2D eigenvalue weighted by Crippen LogP contribution is -2.45. The maximum absolute atomic E-state index is 11.2. The van der Waals surface area contributed by atoms with Crippen molar-refractivity contribution in [1.29, 1.82) is 0 Å². The average Bonchev–Trinajstić information content (AvgIpc) is 2.00. The van der Waals surface area contributed by atoms with Gasteiger partial charge in [0.25, 0.3) is 0 Å². The Hall–Kier alpha value is -1.26. The topological polar surface area (TPSA) is 70.7 Å². The number of aliphatic imine (C=N–C) groups is 1. The van der Waals surface area contributed by atoms with Gasteiger partial charge in [-0.15, -0.1) is 0 Å². The number of hydrogen-bond acceptors (Lipinski definition) is 2. The standard InChI is InChI=1S/C10H22N4O/c1-10(2,3)13-9(11)12-7-6-8(15)14(4)5/h6-7H2,1-5H3,(H3,11,12,13). The number of guanidine groups is 1. The van der Waals surface area contributed by atoms with Crippen molar-refractivity contribution in [3.63, 3.8) is 0 Å². The van der Waals surface area contributed by atoms with Crippen molar-refractivity contribution < 1.29 is 4.79 Å². The molecule has 5 nitrogen and oxygen atoms in total. The molecule has 0 aliphatic heterocycles. The van der Waals surface area contributed by atoms with Gasteiger partial charge in [-0.2, -0.15) is 0 Å². The van der Waals surface area contributed by atoms with Crippen LogP contribution in [-0.2, 0) is 4.79 Å². The second-order valence-electron chi connectivity index (χ2n) is 4.68. The summed E-state index contributed by atoms with van der Waals surface area (Å²) in [5.41, 5.74) is 5.54. The van der Waals surface area contributed by atoms with Crippen LogP contribution in [0.15, 0.2) is 4.99 Å². The number of rotatable bonds is 3. The lowest BCUT2D eigenvalue weighted by molar-refractivity contribution is -0.128. The van der Waals surface area contributed by atoms with E-state index >= 15 is 0 Å². The van der Waals surface area contributed by atoms with Gasteiger partial charge in [-0.3, -0.25) is 9.79 Å². The summed E-state index contributed by atoms with van der Waals surface area (Å²) >= 11 is 0. The molecule has 0 aliphatic carbocycles. The number of amides is 1. The Bertz CT molecular complexity index is 240. The molecule has 0 bridgehead atoms. The summed E-state index contributed by atoms with van der Waals surface area (Å²) in [6.45, 7) is 6.42. The van der Waals surface area contributed by atoms with Gasteiger partial charge < -0.3 is 16.0 Å². The molecular formula is C10H22N4O. The smallest absolute Gasteiger partial charge is 0.223 e. The lowest BCUT2D eigenvalue weighted by Gasteiger charge is -2.21. The van der Waals surface area contributed by atoms with E-state index in [0.717, 1.165) is 0 Å². The molecule has 0 heterocycles. The van der Waals surface area contributed by atoms with E-state index in [2.05, 4.69) is 10.3 Å². The highest BCUT2D eigenvalue weighted by atomic mass is 16.2. The second kappa shape index (κ2) is 5.58. The molecule has 0 unspecified atom stereocenters. The Morgan fingerprint density at radius 1 is 1.40 bits per heavy atom. The Balaban J connectivity index is 3.92. The van der Waals surface area contributed by atoms with Crippen LogP contribution in [0.4, 0.5) is 0 Å². The summed E-state index contributed by atoms with van der Waals surface area (Å²) in [7, 11) is 3.45. The maximum atomic E-state index is 11.2. The molecule has 0 radical (unpaired) electrons. The van der Waals surface area contributed by atoms with Crippen LogP contribution in [-0.4, -0.2) is 42.9 Å². The van der Waals surface area contributed by atoms with Crippen molar-refractivity contribution in [2.24, 2.45) is 10.7 Å². The van der Waals surface area contributed by atoms with Crippen LogP contribution in [0.5, 0.6) is 0 Å². The molecule has 0 spiro atoms. The number of carbonyl (C=O) groups is 1. The van der Waals surface area contributed by atoms with Crippen LogP contribution in [0.2, 0.25) is 0 Å². The molecule has 0 saturated heterocycles. The van der Waals surface area contributed by atoms with E-state index in [9.17, 15) is 4.79 Å². The van der Waals surface area contributed by atoms with E-state index in [1.807, 2.05) is 20.8 Å². The van der Waals surface area contributed by atoms with Crippen LogP contribution >= 0.6 is 0 Å². The van der Waals surface area contributed by atoms with E-state index in [0.29, 0.717) is 18.9 Å². The van der Waals surface area contributed by atoms with Gasteiger partial charge in [0.2, 0.25) is 5.91 Å². The molecule has 5 heteroatoms. The molecular weight excluding hydrogens is 192 g/mol. The summed E-state index contributed by atoms with van der Waals surface area (Å²) in [5.74, 6) is 0.441. The molecule has 0 saturated carbocycles. The fourth-order valence-electron chi connectivity index (χ4n) is 0.919. The number of nitrogens with two attached hydrogens (primary N) is 1. The van der Waals surface area contributed by atoms with Crippen molar-refractivity contribution in [2.45, 2.75) is 32.7 Å². The van der Waals surface area contributed by atoms with Crippen LogP contribution in [0.3, 0.4) is 0 Å². The number of nitrogens with one attached hydrogen (secondary N) is 1. The molecule has 0 rings (SSSR count). The SMILES string of the molecule is CN(C)C(=O)CCN=C(N)NC(C)(C)C. The van der Waals surface area contributed by atoms with Crippen molar-refractivity contribution >= 4 is 11.9 Å². The van der Waals surface area contributed by atoms with Crippen molar-refractivity contribution in [3.05, 3.63) is 0 Å². The normalized spacial score (nSPS) is 12.5. The van der Waals surface area contributed by atoms with Gasteiger partial charge in [0, 0.05) is 26.1 Å². The zero-order chi connectivity index (χ0) is 12.1. The average molecular weight is 214 g/mol. The van der Waals surface area contributed by atoms with Gasteiger partial charge in [-0.1, -0.05) is 0 Å². The lowest BCUT2D eigenvalue weighted by atomic mass is 10.1. The highest BCUT2D eigenvalue weighted by Gasteiger charge is 2.09. The highest BCUT2D eigenvalue weighted by Crippen LogP contribution is 1.97. The first-order valence-electron chi connectivity index (χ1n) is 5.00. The van der Waals surface area contributed by atoms with E-state index in [-0.39, 0.29) is 11.4 Å². The molecule has 0 aromatic carbocycles. The molecule has 15 heavy (non-hydrogen) atoms. The van der Waals surface area contributed by atoms with Gasteiger partial charge in [0.05, 0.1) is 6.54 Å².